The highest BCUT2D eigenvalue weighted by atomic mass is 32.2. The Bertz CT molecular complexity index is 991. The summed E-state index contributed by atoms with van der Waals surface area (Å²) in [4.78, 5) is 0. The lowest BCUT2D eigenvalue weighted by molar-refractivity contribution is -0.187. The zero-order valence-electron chi connectivity index (χ0n) is 19.8. The van der Waals surface area contributed by atoms with Crippen LogP contribution < -0.4 is 9.47 Å². The summed E-state index contributed by atoms with van der Waals surface area (Å²) in [5.41, 5.74) is 1.32. The number of hydrogen-bond acceptors (Lipinski definition) is 6. The van der Waals surface area contributed by atoms with E-state index in [9.17, 15) is 0 Å². The molecule has 0 amide bonds. The second-order valence-corrected chi connectivity index (χ2v) is 9.47. The van der Waals surface area contributed by atoms with Crippen LogP contribution in [0.5, 0.6) is 11.5 Å². The largest absolute Gasteiger partial charge is 0.491 e. The van der Waals surface area contributed by atoms with Crippen LogP contribution in [-0.2, 0) is 20.6 Å². The monoisotopic (exact) mass is 482 g/mol. The van der Waals surface area contributed by atoms with Crippen molar-refractivity contribution in [2.75, 3.05) is 38.6 Å². The quantitative estimate of drug-likeness (QED) is 0.217. The van der Waals surface area contributed by atoms with Gasteiger partial charge >= 0.3 is 0 Å². The van der Waals surface area contributed by atoms with Crippen LogP contribution in [0.25, 0.3) is 10.8 Å². The van der Waals surface area contributed by atoms with E-state index in [1.54, 1.807) is 7.11 Å². The zero-order valence-corrected chi connectivity index (χ0v) is 20.6. The van der Waals surface area contributed by atoms with E-state index in [1.165, 1.54) is 10.9 Å². The summed E-state index contributed by atoms with van der Waals surface area (Å²) in [5.74, 6) is 3.58. The normalized spacial score (nSPS) is 16.9. The van der Waals surface area contributed by atoms with Gasteiger partial charge in [0.2, 0.25) is 0 Å². The second kappa shape index (κ2) is 13.6. The molecule has 3 aromatic carbocycles. The lowest BCUT2D eigenvalue weighted by Crippen LogP contribution is -2.33. The molecule has 0 N–H and O–H groups in total. The van der Waals surface area contributed by atoms with Crippen LogP contribution in [0.4, 0.5) is 0 Å². The van der Waals surface area contributed by atoms with E-state index in [2.05, 4.69) is 24.3 Å². The summed E-state index contributed by atoms with van der Waals surface area (Å²) >= 11 is 1.89. The maximum atomic E-state index is 6.29. The van der Waals surface area contributed by atoms with Crippen molar-refractivity contribution >= 4 is 22.5 Å². The molecule has 1 aliphatic rings. The Morgan fingerprint density at radius 2 is 1.79 bits per heavy atom. The Morgan fingerprint density at radius 3 is 2.62 bits per heavy atom. The van der Waals surface area contributed by atoms with Crippen molar-refractivity contribution in [3.05, 3.63) is 72.3 Å². The van der Waals surface area contributed by atoms with Gasteiger partial charge in [-0.15, -0.1) is 0 Å². The molecule has 0 saturated carbocycles. The summed E-state index contributed by atoms with van der Waals surface area (Å²) in [6, 6.07) is 22.5. The van der Waals surface area contributed by atoms with E-state index in [0.717, 1.165) is 60.7 Å². The Balaban J connectivity index is 1.32. The molecule has 0 radical (unpaired) electrons. The van der Waals surface area contributed by atoms with Gasteiger partial charge in [0.15, 0.2) is 13.1 Å². The minimum absolute atomic E-state index is 0.0186. The molecule has 6 heteroatoms. The number of para-hydroxylation sites is 1. The van der Waals surface area contributed by atoms with Crippen LogP contribution >= 0.6 is 11.8 Å². The number of rotatable bonds is 13. The number of benzene rings is 3. The first-order valence-electron chi connectivity index (χ1n) is 12.0. The van der Waals surface area contributed by atoms with Crippen LogP contribution in [0.2, 0.25) is 0 Å². The van der Waals surface area contributed by atoms with Gasteiger partial charge < -0.3 is 23.7 Å². The predicted molar refractivity (Wildman–Crippen MR) is 138 cm³/mol. The number of methoxy groups -OCH3 is 1. The third-order valence-corrected chi connectivity index (χ3v) is 6.89. The lowest BCUT2D eigenvalue weighted by Gasteiger charge is -2.27. The fourth-order valence-corrected chi connectivity index (χ4v) is 5.04. The molecule has 5 nitrogen and oxygen atoms in total. The molecule has 0 aromatic heterocycles. The van der Waals surface area contributed by atoms with E-state index in [1.807, 2.05) is 54.2 Å². The molecule has 1 heterocycles. The first-order chi connectivity index (χ1) is 16.8. The molecule has 182 valence electrons. The highest BCUT2D eigenvalue weighted by molar-refractivity contribution is 7.99. The van der Waals surface area contributed by atoms with Gasteiger partial charge in [-0.25, -0.2) is 0 Å². The van der Waals surface area contributed by atoms with Gasteiger partial charge in [-0.05, 0) is 60.6 Å². The maximum Gasteiger partial charge on any atom is 0.188 e. The fraction of sp³-hybridized carbons (Fsp3) is 0.429. The van der Waals surface area contributed by atoms with Crippen LogP contribution in [0, 0.1) is 0 Å². The van der Waals surface area contributed by atoms with Gasteiger partial charge in [-0.2, -0.15) is 11.8 Å². The molecule has 34 heavy (non-hydrogen) atoms. The van der Waals surface area contributed by atoms with Crippen molar-refractivity contribution in [1.82, 2.24) is 0 Å². The van der Waals surface area contributed by atoms with Crippen LogP contribution in [0.3, 0.4) is 0 Å². The van der Waals surface area contributed by atoms with Crippen LogP contribution in [0.1, 0.15) is 24.8 Å². The summed E-state index contributed by atoms with van der Waals surface area (Å²) in [6.45, 7) is 1.54. The van der Waals surface area contributed by atoms with Crippen molar-refractivity contribution in [2.24, 2.45) is 0 Å². The summed E-state index contributed by atoms with van der Waals surface area (Å²) < 4.78 is 28.9. The average molecular weight is 483 g/mol. The molecule has 0 aliphatic carbocycles. The third-order valence-electron chi connectivity index (χ3n) is 5.79. The van der Waals surface area contributed by atoms with Crippen LogP contribution in [-0.4, -0.2) is 51.0 Å². The smallest absolute Gasteiger partial charge is 0.188 e. The van der Waals surface area contributed by atoms with Gasteiger partial charge in [0, 0.05) is 24.9 Å². The summed E-state index contributed by atoms with van der Waals surface area (Å²) in [6.07, 6.45) is 4.06. The summed E-state index contributed by atoms with van der Waals surface area (Å²) in [7, 11) is 1.63. The van der Waals surface area contributed by atoms with Crippen molar-refractivity contribution in [1.29, 1.82) is 0 Å². The summed E-state index contributed by atoms with van der Waals surface area (Å²) in [5, 5.41) is 2.35. The van der Waals surface area contributed by atoms with Gasteiger partial charge in [0.25, 0.3) is 0 Å². The standard InChI is InChI=1S/C28H34O5S/c1-29-21-32-27-14-8-12-25-22(9-7-13-26(25)27)16-18-34-20-24(33-28-15-5-6-17-30-28)19-31-23-10-3-2-4-11-23/h2-4,7-14,24,28H,5-6,15-21H2,1H3/t24-,28?/m1/s1. The SMILES string of the molecule is COCOc1cccc2c(CCSC[C@@H](COc3ccccc3)OC3CCCCO3)cccc12. The van der Waals surface area contributed by atoms with Crippen molar-refractivity contribution in [3.63, 3.8) is 0 Å². The van der Waals surface area contributed by atoms with E-state index in [4.69, 9.17) is 23.7 Å². The van der Waals surface area contributed by atoms with E-state index in [0.29, 0.717) is 6.61 Å². The molecule has 1 saturated heterocycles. The van der Waals surface area contributed by atoms with Crippen molar-refractivity contribution in [3.8, 4) is 11.5 Å². The first kappa shape index (κ1) is 24.9. The topological polar surface area (TPSA) is 46.2 Å². The van der Waals surface area contributed by atoms with Gasteiger partial charge in [-0.3, -0.25) is 0 Å². The Kier molecular flexibility index (Phi) is 9.94. The Morgan fingerprint density at radius 1 is 0.941 bits per heavy atom. The lowest BCUT2D eigenvalue weighted by atomic mass is 10.0. The molecule has 1 unspecified atom stereocenters. The fourth-order valence-electron chi connectivity index (χ4n) is 4.08. The minimum atomic E-state index is -0.123. The molecule has 1 fully saturated rings. The number of fused-ring (bicyclic) bond motifs is 1. The first-order valence-corrected chi connectivity index (χ1v) is 13.1. The molecule has 0 bridgehead atoms. The zero-order chi connectivity index (χ0) is 23.4. The average Bonchev–Trinajstić information content (AvgIpc) is 2.89. The molecule has 2 atom stereocenters. The second-order valence-electron chi connectivity index (χ2n) is 8.32. The van der Waals surface area contributed by atoms with Crippen LogP contribution in [0.15, 0.2) is 66.7 Å². The molecule has 4 rings (SSSR count). The maximum absolute atomic E-state index is 6.29. The minimum Gasteiger partial charge on any atom is -0.491 e. The van der Waals surface area contributed by atoms with E-state index < -0.39 is 0 Å². The van der Waals surface area contributed by atoms with Gasteiger partial charge in [0.1, 0.15) is 24.2 Å². The number of ether oxygens (including phenoxy) is 5. The molecule has 0 spiro atoms. The number of thioether (sulfide) groups is 1. The third kappa shape index (κ3) is 7.37. The molecule has 1 aliphatic heterocycles. The Labute approximate surface area is 206 Å². The van der Waals surface area contributed by atoms with E-state index >= 15 is 0 Å². The number of hydrogen-bond donors (Lipinski definition) is 0. The van der Waals surface area contributed by atoms with Crippen molar-refractivity contribution < 1.29 is 23.7 Å². The van der Waals surface area contributed by atoms with E-state index in [-0.39, 0.29) is 19.2 Å². The molecular formula is C28H34O5S. The van der Waals surface area contributed by atoms with Crippen molar-refractivity contribution in [2.45, 2.75) is 38.1 Å². The van der Waals surface area contributed by atoms with Gasteiger partial charge in [0.05, 0.1) is 0 Å². The predicted octanol–water partition coefficient (Wildman–Crippen LogP) is 6.09. The molecule has 3 aromatic rings. The Hall–Kier alpha value is -2.25. The highest BCUT2D eigenvalue weighted by Gasteiger charge is 2.20. The number of aryl methyl sites for hydroxylation is 1. The van der Waals surface area contributed by atoms with Gasteiger partial charge in [-0.1, -0.05) is 48.5 Å². The molecular weight excluding hydrogens is 448 g/mol. The highest BCUT2D eigenvalue weighted by Crippen LogP contribution is 2.29.